The van der Waals surface area contributed by atoms with Crippen molar-refractivity contribution in [1.82, 2.24) is 4.90 Å². The van der Waals surface area contributed by atoms with Crippen LogP contribution in [0.3, 0.4) is 0 Å². The Hall–Kier alpha value is -0.570. The molecular weight excluding hydrogens is 176 g/mol. The van der Waals surface area contributed by atoms with Gasteiger partial charge in [-0.2, -0.15) is 0 Å². The van der Waals surface area contributed by atoms with E-state index >= 15 is 0 Å². The van der Waals surface area contributed by atoms with Crippen molar-refractivity contribution in [3.05, 3.63) is 0 Å². The molecule has 0 aromatic heterocycles. The maximum Gasteiger partial charge on any atom is 0.225 e. The SMILES string of the molecule is CCCC(C)C(=O)N1CC(C(C)N)C1. The lowest BCUT2D eigenvalue weighted by Crippen LogP contribution is -2.56. The zero-order valence-corrected chi connectivity index (χ0v) is 9.49. The molecule has 0 aromatic carbocycles. The Labute approximate surface area is 86.6 Å². The molecule has 0 aliphatic carbocycles. The zero-order valence-electron chi connectivity index (χ0n) is 9.49. The summed E-state index contributed by atoms with van der Waals surface area (Å²) in [6.07, 6.45) is 2.08. The molecule has 0 saturated carbocycles. The van der Waals surface area contributed by atoms with Gasteiger partial charge in [-0.25, -0.2) is 0 Å². The van der Waals surface area contributed by atoms with Crippen LogP contribution in [0.1, 0.15) is 33.6 Å². The molecule has 3 heteroatoms. The highest BCUT2D eigenvalue weighted by molar-refractivity contribution is 5.79. The van der Waals surface area contributed by atoms with Gasteiger partial charge in [-0.1, -0.05) is 20.3 Å². The molecule has 3 nitrogen and oxygen atoms in total. The van der Waals surface area contributed by atoms with Gasteiger partial charge in [0.05, 0.1) is 0 Å². The van der Waals surface area contributed by atoms with Gasteiger partial charge in [-0.05, 0) is 13.3 Å². The highest BCUT2D eigenvalue weighted by Crippen LogP contribution is 2.21. The Balaban J connectivity index is 2.29. The van der Waals surface area contributed by atoms with Crippen molar-refractivity contribution in [2.75, 3.05) is 13.1 Å². The molecular formula is C11H22N2O. The first-order chi connectivity index (χ1) is 6.56. The van der Waals surface area contributed by atoms with Crippen LogP contribution in [-0.4, -0.2) is 29.9 Å². The average Bonchev–Trinajstić information content (AvgIpc) is 2.00. The monoisotopic (exact) mass is 198 g/mol. The van der Waals surface area contributed by atoms with Gasteiger partial charge in [-0.3, -0.25) is 4.79 Å². The molecule has 1 saturated heterocycles. The van der Waals surface area contributed by atoms with E-state index in [9.17, 15) is 4.79 Å². The molecule has 1 aliphatic heterocycles. The minimum Gasteiger partial charge on any atom is -0.342 e. The van der Waals surface area contributed by atoms with Crippen LogP contribution >= 0.6 is 0 Å². The number of hydrogen-bond acceptors (Lipinski definition) is 2. The van der Waals surface area contributed by atoms with Crippen LogP contribution < -0.4 is 5.73 Å². The first-order valence-corrected chi connectivity index (χ1v) is 5.60. The summed E-state index contributed by atoms with van der Waals surface area (Å²) in [5.74, 6) is 1.02. The number of rotatable bonds is 4. The van der Waals surface area contributed by atoms with Crippen molar-refractivity contribution in [2.45, 2.75) is 39.7 Å². The summed E-state index contributed by atoms with van der Waals surface area (Å²) in [6, 6.07) is 0.223. The van der Waals surface area contributed by atoms with Crippen molar-refractivity contribution < 1.29 is 4.79 Å². The molecule has 1 aliphatic rings. The number of nitrogens with two attached hydrogens (primary N) is 1. The molecule has 0 bridgehead atoms. The molecule has 2 atom stereocenters. The molecule has 1 amide bonds. The lowest BCUT2D eigenvalue weighted by molar-refractivity contribution is -0.142. The Bertz CT molecular complexity index is 197. The van der Waals surface area contributed by atoms with Gasteiger partial charge in [0.2, 0.25) is 5.91 Å². The van der Waals surface area contributed by atoms with Crippen LogP contribution in [0.25, 0.3) is 0 Å². The fourth-order valence-corrected chi connectivity index (χ4v) is 1.89. The van der Waals surface area contributed by atoms with Crippen LogP contribution in [0.15, 0.2) is 0 Å². The predicted molar refractivity (Wildman–Crippen MR) is 57.8 cm³/mol. The van der Waals surface area contributed by atoms with Gasteiger partial charge >= 0.3 is 0 Å². The van der Waals surface area contributed by atoms with Crippen molar-refractivity contribution in [3.63, 3.8) is 0 Å². The molecule has 82 valence electrons. The molecule has 0 aromatic rings. The third-order valence-corrected chi connectivity index (χ3v) is 3.11. The fraction of sp³-hybridized carbons (Fsp3) is 0.909. The number of hydrogen-bond donors (Lipinski definition) is 1. The lowest BCUT2D eigenvalue weighted by Gasteiger charge is -2.42. The van der Waals surface area contributed by atoms with Gasteiger partial charge in [0.1, 0.15) is 0 Å². The van der Waals surface area contributed by atoms with Crippen LogP contribution in [0.4, 0.5) is 0 Å². The summed E-state index contributed by atoms with van der Waals surface area (Å²) in [6.45, 7) is 7.88. The molecule has 2 unspecified atom stereocenters. The van der Waals surface area contributed by atoms with Gasteiger partial charge in [-0.15, -0.1) is 0 Å². The fourth-order valence-electron chi connectivity index (χ4n) is 1.89. The molecule has 0 radical (unpaired) electrons. The number of carbonyl (C=O) groups excluding carboxylic acids is 1. The molecule has 2 N–H and O–H groups in total. The summed E-state index contributed by atoms with van der Waals surface area (Å²) >= 11 is 0. The Morgan fingerprint density at radius 1 is 1.50 bits per heavy atom. The van der Waals surface area contributed by atoms with Crippen LogP contribution in [0.5, 0.6) is 0 Å². The second kappa shape index (κ2) is 4.78. The van der Waals surface area contributed by atoms with E-state index in [-0.39, 0.29) is 12.0 Å². The standard InChI is InChI=1S/C11H22N2O/c1-4-5-8(2)11(14)13-6-10(7-13)9(3)12/h8-10H,4-7,12H2,1-3H3. The first-order valence-electron chi connectivity index (χ1n) is 5.60. The maximum atomic E-state index is 11.8. The number of likely N-dealkylation sites (tertiary alicyclic amines) is 1. The van der Waals surface area contributed by atoms with E-state index in [0.29, 0.717) is 11.8 Å². The summed E-state index contributed by atoms with van der Waals surface area (Å²) in [7, 11) is 0. The predicted octanol–water partition coefficient (Wildman–Crippen LogP) is 1.23. The van der Waals surface area contributed by atoms with Crippen LogP contribution in [0.2, 0.25) is 0 Å². The lowest BCUT2D eigenvalue weighted by atomic mass is 9.91. The van der Waals surface area contributed by atoms with Crippen molar-refractivity contribution in [2.24, 2.45) is 17.6 Å². The van der Waals surface area contributed by atoms with E-state index in [2.05, 4.69) is 6.92 Å². The van der Waals surface area contributed by atoms with Gasteiger partial charge in [0, 0.05) is 31.0 Å². The smallest absolute Gasteiger partial charge is 0.225 e. The van der Waals surface area contributed by atoms with Crippen molar-refractivity contribution >= 4 is 5.91 Å². The minimum atomic E-state index is 0.189. The van der Waals surface area contributed by atoms with E-state index in [1.54, 1.807) is 0 Å². The van der Waals surface area contributed by atoms with Crippen LogP contribution in [0, 0.1) is 11.8 Å². The van der Waals surface area contributed by atoms with Crippen molar-refractivity contribution in [3.8, 4) is 0 Å². The molecule has 1 fully saturated rings. The number of carbonyl (C=O) groups is 1. The minimum absolute atomic E-state index is 0.189. The highest BCUT2D eigenvalue weighted by atomic mass is 16.2. The Morgan fingerprint density at radius 2 is 2.07 bits per heavy atom. The summed E-state index contributed by atoms with van der Waals surface area (Å²) in [5, 5.41) is 0. The van der Waals surface area contributed by atoms with Gasteiger partial charge in [0.15, 0.2) is 0 Å². The Kier molecular flexibility index (Phi) is 3.93. The normalized spacial score (nSPS) is 21.6. The first kappa shape index (κ1) is 11.5. The topological polar surface area (TPSA) is 46.3 Å². The van der Waals surface area contributed by atoms with Gasteiger partial charge in [0.25, 0.3) is 0 Å². The average molecular weight is 198 g/mol. The molecule has 1 rings (SSSR count). The molecule has 0 spiro atoms. The highest BCUT2D eigenvalue weighted by Gasteiger charge is 2.34. The number of nitrogens with zero attached hydrogens (tertiary/aromatic N) is 1. The van der Waals surface area contributed by atoms with E-state index in [1.165, 1.54) is 0 Å². The summed E-state index contributed by atoms with van der Waals surface area (Å²) in [4.78, 5) is 13.7. The summed E-state index contributed by atoms with van der Waals surface area (Å²) < 4.78 is 0. The maximum absolute atomic E-state index is 11.8. The third-order valence-electron chi connectivity index (χ3n) is 3.11. The largest absolute Gasteiger partial charge is 0.342 e. The van der Waals surface area contributed by atoms with Crippen molar-refractivity contribution in [1.29, 1.82) is 0 Å². The van der Waals surface area contributed by atoms with Crippen LogP contribution in [-0.2, 0) is 4.79 Å². The van der Waals surface area contributed by atoms with E-state index < -0.39 is 0 Å². The Morgan fingerprint density at radius 3 is 2.50 bits per heavy atom. The third kappa shape index (κ3) is 2.47. The van der Waals surface area contributed by atoms with E-state index in [0.717, 1.165) is 25.9 Å². The zero-order chi connectivity index (χ0) is 10.7. The molecule has 1 heterocycles. The second-order valence-corrected chi connectivity index (χ2v) is 4.55. The second-order valence-electron chi connectivity index (χ2n) is 4.55. The van der Waals surface area contributed by atoms with E-state index in [4.69, 9.17) is 5.73 Å². The quantitative estimate of drug-likeness (QED) is 0.738. The van der Waals surface area contributed by atoms with Gasteiger partial charge < -0.3 is 10.6 Å². The molecule has 14 heavy (non-hydrogen) atoms. The number of amides is 1. The van der Waals surface area contributed by atoms with E-state index in [1.807, 2.05) is 18.7 Å². The summed E-state index contributed by atoms with van der Waals surface area (Å²) in [5.41, 5.74) is 5.76.